The third kappa shape index (κ3) is 4.00. The molecule has 0 aliphatic carbocycles. The van der Waals surface area contributed by atoms with Crippen LogP contribution in [0.15, 0.2) is 42.5 Å². The summed E-state index contributed by atoms with van der Waals surface area (Å²) in [5, 5.41) is 7.67. The Morgan fingerprint density at radius 3 is 2.81 bits per heavy atom. The lowest BCUT2D eigenvalue weighted by Gasteiger charge is -2.30. The number of methoxy groups -OCH3 is 1. The minimum atomic E-state index is -0.616. The van der Waals surface area contributed by atoms with Crippen LogP contribution in [0.5, 0.6) is 0 Å². The Balaban J connectivity index is 1.71. The second-order valence-corrected chi connectivity index (χ2v) is 6.28. The van der Waals surface area contributed by atoms with Crippen LogP contribution in [-0.4, -0.2) is 50.6 Å². The van der Waals surface area contributed by atoms with Crippen LogP contribution in [0.3, 0.4) is 0 Å². The molecule has 1 fully saturated rings. The van der Waals surface area contributed by atoms with Gasteiger partial charge in [-0.3, -0.25) is 14.4 Å². The molecule has 136 valence electrons. The highest BCUT2D eigenvalue weighted by Crippen LogP contribution is 2.22. The van der Waals surface area contributed by atoms with E-state index in [4.69, 9.17) is 0 Å². The molecule has 3 N–H and O–H groups in total. The Bertz CT molecular complexity index is 831. The Kier molecular flexibility index (Phi) is 5.48. The largest absolute Gasteiger partial charge is 0.469 e. The molecular weight excluding hydrogens is 334 g/mol. The third-order valence-corrected chi connectivity index (χ3v) is 4.60. The summed E-state index contributed by atoms with van der Waals surface area (Å²) in [6, 6.07) is 12.9. The molecule has 0 aromatic heterocycles. The quantitative estimate of drug-likeness (QED) is 0.643. The second-order valence-electron chi connectivity index (χ2n) is 6.28. The van der Waals surface area contributed by atoms with Crippen LogP contribution in [0.4, 0.5) is 5.69 Å². The number of anilines is 1. The minimum Gasteiger partial charge on any atom is -0.469 e. The van der Waals surface area contributed by atoms with Gasteiger partial charge in [-0.1, -0.05) is 36.4 Å². The molecule has 2 aromatic rings. The first-order chi connectivity index (χ1) is 12.6. The number of fused-ring (bicyclic) bond motifs is 1. The van der Waals surface area contributed by atoms with Crippen LogP contribution in [0.2, 0.25) is 0 Å². The summed E-state index contributed by atoms with van der Waals surface area (Å²) >= 11 is 0. The maximum absolute atomic E-state index is 12.6. The van der Waals surface area contributed by atoms with Crippen molar-refractivity contribution in [3.63, 3.8) is 0 Å². The Labute approximate surface area is 151 Å². The number of esters is 1. The molecule has 1 unspecified atom stereocenters. The highest BCUT2D eigenvalue weighted by molar-refractivity contribution is 6.02. The molecule has 1 heterocycles. The zero-order valence-electron chi connectivity index (χ0n) is 14.6. The van der Waals surface area contributed by atoms with Crippen LogP contribution in [-0.2, 0) is 19.1 Å². The zero-order valence-corrected chi connectivity index (χ0v) is 14.6. The number of ether oxygens (including phenoxy) is 1. The second kappa shape index (κ2) is 7.97. The minimum absolute atomic E-state index is 0.0424. The fourth-order valence-corrected chi connectivity index (χ4v) is 3.26. The first-order valence-corrected chi connectivity index (χ1v) is 8.55. The number of hydrogen-bond donors (Lipinski definition) is 3. The van der Waals surface area contributed by atoms with Gasteiger partial charge in [-0.25, -0.2) is 0 Å². The Hall–Kier alpha value is -2.93. The molecule has 0 bridgehead atoms. The summed E-state index contributed by atoms with van der Waals surface area (Å²) in [5.41, 5.74) is 0.735. The number of nitrogens with one attached hydrogen (secondary N) is 3. The van der Waals surface area contributed by atoms with Crippen LogP contribution in [0.25, 0.3) is 10.8 Å². The molecule has 1 aliphatic rings. The van der Waals surface area contributed by atoms with E-state index in [1.807, 2.05) is 42.5 Å². The van der Waals surface area contributed by atoms with Crippen molar-refractivity contribution in [1.29, 1.82) is 0 Å². The normalized spacial score (nSPS) is 19.7. The first kappa shape index (κ1) is 17.9. The van der Waals surface area contributed by atoms with E-state index in [0.29, 0.717) is 13.1 Å². The zero-order chi connectivity index (χ0) is 18.5. The number of hydrogen-bond acceptors (Lipinski definition) is 4. The Morgan fingerprint density at radius 2 is 2.00 bits per heavy atom. The van der Waals surface area contributed by atoms with Crippen molar-refractivity contribution in [2.75, 3.05) is 32.1 Å². The number of carbonyl (C=O) groups excluding carboxylic acids is 3. The van der Waals surface area contributed by atoms with Crippen molar-refractivity contribution in [2.24, 2.45) is 0 Å². The van der Waals surface area contributed by atoms with Gasteiger partial charge in [0.15, 0.2) is 12.6 Å². The molecule has 2 amide bonds. The van der Waals surface area contributed by atoms with Gasteiger partial charge >= 0.3 is 5.97 Å². The Morgan fingerprint density at radius 1 is 1.23 bits per heavy atom. The third-order valence-electron chi connectivity index (χ3n) is 4.60. The van der Waals surface area contributed by atoms with Crippen LogP contribution < -0.4 is 15.5 Å². The summed E-state index contributed by atoms with van der Waals surface area (Å²) in [7, 11) is 1.29. The summed E-state index contributed by atoms with van der Waals surface area (Å²) in [6.45, 7) is 1.17. The average molecular weight is 356 g/mol. The van der Waals surface area contributed by atoms with Gasteiger partial charge < -0.3 is 20.3 Å². The number of piperazine rings is 1. The number of quaternary nitrogens is 1. The van der Waals surface area contributed by atoms with E-state index in [1.165, 1.54) is 7.11 Å². The standard InChI is InChI=1S/C19H21N3O4/c1-26-18(24)11-16-19(25)20-9-10-22(16)12-17(23)21-15-8-4-6-13-5-2-3-7-14(13)15/h2-8,16H,9-12H2,1H3,(H,20,25)(H,21,23)/p+1/t16-/m0/s1. The van der Waals surface area contributed by atoms with Crippen molar-refractivity contribution >= 4 is 34.2 Å². The van der Waals surface area contributed by atoms with Crippen LogP contribution >= 0.6 is 0 Å². The maximum atomic E-state index is 12.6. The molecule has 2 aromatic carbocycles. The van der Waals surface area contributed by atoms with E-state index < -0.39 is 12.0 Å². The van der Waals surface area contributed by atoms with Crippen molar-refractivity contribution in [1.82, 2.24) is 5.32 Å². The predicted octanol–water partition coefficient (Wildman–Crippen LogP) is -0.275. The van der Waals surface area contributed by atoms with E-state index in [0.717, 1.165) is 21.4 Å². The van der Waals surface area contributed by atoms with Gasteiger partial charge in [0.25, 0.3) is 11.8 Å². The number of benzene rings is 2. The predicted molar refractivity (Wildman–Crippen MR) is 96.7 cm³/mol. The van der Waals surface area contributed by atoms with Crippen molar-refractivity contribution in [3.8, 4) is 0 Å². The number of amides is 2. The van der Waals surface area contributed by atoms with Crippen LogP contribution in [0.1, 0.15) is 6.42 Å². The molecule has 1 aliphatic heterocycles. The van der Waals surface area contributed by atoms with Gasteiger partial charge in [-0.05, 0) is 11.5 Å². The van der Waals surface area contributed by atoms with Gasteiger partial charge in [-0.15, -0.1) is 0 Å². The van der Waals surface area contributed by atoms with Crippen molar-refractivity contribution < 1.29 is 24.0 Å². The van der Waals surface area contributed by atoms with E-state index in [9.17, 15) is 14.4 Å². The molecule has 7 heteroatoms. The first-order valence-electron chi connectivity index (χ1n) is 8.55. The fraction of sp³-hybridized carbons (Fsp3) is 0.316. The topological polar surface area (TPSA) is 88.9 Å². The smallest absolute Gasteiger partial charge is 0.312 e. The molecule has 2 atom stereocenters. The summed E-state index contributed by atoms with van der Waals surface area (Å²) < 4.78 is 4.67. The fourth-order valence-electron chi connectivity index (χ4n) is 3.26. The SMILES string of the molecule is COC(=O)C[C@H]1C(=O)NCC[NH+]1CC(=O)Nc1cccc2ccccc12. The van der Waals surface area contributed by atoms with Crippen molar-refractivity contribution in [2.45, 2.75) is 12.5 Å². The molecular formula is C19H22N3O4+. The molecule has 0 radical (unpaired) electrons. The van der Waals surface area contributed by atoms with Gasteiger partial charge in [0.05, 0.1) is 20.2 Å². The molecule has 3 rings (SSSR count). The highest BCUT2D eigenvalue weighted by Gasteiger charge is 2.36. The van der Waals surface area contributed by atoms with Gasteiger partial charge in [0.2, 0.25) is 0 Å². The summed E-state index contributed by atoms with van der Waals surface area (Å²) in [4.78, 5) is 37.0. The monoisotopic (exact) mass is 356 g/mol. The lowest BCUT2D eigenvalue weighted by Crippen LogP contribution is -3.20. The highest BCUT2D eigenvalue weighted by atomic mass is 16.5. The van der Waals surface area contributed by atoms with E-state index in [1.54, 1.807) is 0 Å². The van der Waals surface area contributed by atoms with E-state index in [2.05, 4.69) is 15.4 Å². The van der Waals surface area contributed by atoms with Gasteiger partial charge in [-0.2, -0.15) is 0 Å². The van der Waals surface area contributed by atoms with Crippen LogP contribution in [0, 0.1) is 0 Å². The van der Waals surface area contributed by atoms with Gasteiger partial charge in [0.1, 0.15) is 6.42 Å². The van der Waals surface area contributed by atoms with E-state index >= 15 is 0 Å². The molecule has 26 heavy (non-hydrogen) atoms. The lowest BCUT2D eigenvalue weighted by molar-refractivity contribution is -0.909. The molecule has 1 saturated heterocycles. The van der Waals surface area contributed by atoms with Crippen molar-refractivity contribution in [3.05, 3.63) is 42.5 Å². The lowest BCUT2D eigenvalue weighted by atomic mass is 10.1. The molecule has 0 spiro atoms. The average Bonchev–Trinajstić information content (AvgIpc) is 2.64. The van der Waals surface area contributed by atoms with Gasteiger partial charge in [0, 0.05) is 11.1 Å². The molecule has 0 saturated carbocycles. The summed E-state index contributed by atoms with van der Waals surface area (Å²) in [5.74, 6) is -0.880. The van der Waals surface area contributed by atoms with E-state index in [-0.39, 0.29) is 24.8 Å². The maximum Gasteiger partial charge on any atom is 0.312 e. The number of carbonyl (C=O) groups is 3. The number of rotatable bonds is 5. The summed E-state index contributed by atoms with van der Waals surface area (Å²) in [6.07, 6.45) is -0.0424. The molecule has 7 nitrogen and oxygen atoms in total.